The third-order valence-corrected chi connectivity index (χ3v) is 0.605. The van der Waals surface area contributed by atoms with Gasteiger partial charge < -0.3 is 10.8 Å². The molecule has 2 nitrogen and oxygen atoms in total. The molecule has 0 atom stereocenters. The Hall–Kier alpha value is -1.18. The number of aliphatic hydroxyl groups excluding tert-OH is 1. The first-order valence-corrected chi connectivity index (χ1v) is 2.15. The highest BCUT2D eigenvalue weighted by molar-refractivity contribution is 5.21. The van der Waals surface area contributed by atoms with E-state index in [9.17, 15) is 0 Å². The van der Waals surface area contributed by atoms with Gasteiger partial charge in [0.05, 0.1) is 5.70 Å². The summed E-state index contributed by atoms with van der Waals surface area (Å²) in [5, 5.41) is 8.69. The van der Waals surface area contributed by atoms with Gasteiger partial charge in [-0.25, -0.2) is 0 Å². The summed E-state index contributed by atoms with van der Waals surface area (Å²) in [6.07, 6.45) is 2.82. The van der Waals surface area contributed by atoms with E-state index in [1.54, 1.807) is 0 Å². The van der Waals surface area contributed by atoms with Crippen LogP contribution in [0.2, 0.25) is 0 Å². The molecule has 8 heavy (non-hydrogen) atoms. The zero-order valence-electron chi connectivity index (χ0n) is 4.59. The van der Waals surface area contributed by atoms with Crippen LogP contribution in [0.15, 0.2) is 36.8 Å². The number of nitrogens with two attached hydrogens (primary N) is 1. The van der Waals surface area contributed by atoms with Crippen molar-refractivity contribution < 1.29 is 5.11 Å². The Bertz CT molecular complexity index is 135. The summed E-state index contributed by atoms with van der Waals surface area (Å²) in [6.45, 7) is 6.64. The summed E-state index contributed by atoms with van der Waals surface area (Å²) in [5.41, 5.74) is 5.22. The number of aliphatic hydroxyl groups is 1. The van der Waals surface area contributed by atoms with Gasteiger partial charge in [-0.2, -0.15) is 0 Å². The van der Waals surface area contributed by atoms with Gasteiger partial charge in [0, 0.05) is 0 Å². The predicted octanol–water partition coefficient (Wildman–Crippen LogP) is 1.09. The maximum Gasteiger partial charge on any atom is 0.137 e. The van der Waals surface area contributed by atoms with E-state index >= 15 is 0 Å². The number of rotatable bonds is 2. The molecule has 0 heterocycles. The third-order valence-electron chi connectivity index (χ3n) is 0.605. The lowest BCUT2D eigenvalue weighted by Crippen LogP contribution is -1.96. The van der Waals surface area contributed by atoms with Gasteiger partial charge in [0.25, 0.3) is 0 Å². The minimum Gasteiger partial charge on any atom is -0.506 e. The highest BCUT2D eigenvalue weighted by Gasteiger charge is 1.87. The molecule has 0 saturated carbocycles. The maximum absolute atomic E-state index is 8.69. The Balaban J connectivity index is 3.99. The molecular formula is C6H9NO. The van der Waals surface area contributed by atoms with Crippen LogP contribution in [0.3, 0.4) is 0 Å². The van der Waals surface area contributed by atoms with Gasteiger partial charge in [0.15, 0.2) is 0 Å². The van der Waals surface area contributed by atoms with E-state index in [0.717, 1.165) is 0 Å². The predicted molar refractivity (Wildman–Crippen MR) is 34.2 cm³/mol. The largest absolute Gasteiger partial charge is 0.506 e. The smallest absolute Gasteiger partial charge is 0.137 e. The van der Waals surface area contributed by atoms with Crippen molar-refractivity contribution in [3.8, 4) is 0 Å². The summed E-state index contributed by atoms with van der Waals surface area (Å²) in [7, 11) is 0. The Morgan fingerprint density at radius 3 is 2.25 bits per heavy atom. The van der Waals surface area contributed by atoms with Crippen LogP contribution >= 0.6 is 0 Å². The second-order valence-electron chi connectivity index (χ2n) is 1.31. The fraction of sp³-hybridized carbons (Fsp3) is 0. The van der Waals surface area contributed by atoms with E-state index in [2.05, 4.69) is 13.2 Å². The van der Waals surface area contributed by atoms with E-state index in [1.807, 2.05) is 0 Å². The molecule has 2 heteroatoms. The molecule has 44 valence electrons. The molecule has 0 aromatic carbocycles. The first kappa shape index (κ1) is 6.82. The van der Waals surface area contributed by atoms with Crippen LogP contribution in [0.25, 0.3) is 0 Å². The molecule has 0 aliphatic rings. The molecule has 0 unspecified atom stereocenters. The topological polar surface area (TPSA) is 46.2 Å². The van der Waals surface area contributed by atoms with Crippen LogP contribution in [0, 0.1) is 0 Å². The normalized spacial score (nSPS) is 10.8. The third kappa shape index (κ3) is 2.08. The lowest BCUT2D eigenvalue weighted by Gasteiger charge is -1.92. The molecule has 0 amide bonds. The molecule has 3 N–H and O–H groups in total. The lowest BCUT2D eigenvalue weighted by atomic mass is 10.4. The first-order chi connectivity index (χ1) is 3.68. The van der Waals surface area contributed by atoms with Crippen molar-refractivity contribution in [2.75, 3.05) is 0 Å². The minimum atomic E-state index is -0.0278. The van der Waals surface area contributed by atoms with Crippen LogP contribution in [0.4, 0.5) is 0 Å². The number of hydrogen-bond donors (Lipinski definition) is 2. The van der Waals surface area contributed by atoms with Crippen LogP contribution in [-0.2, 0) is 0 Å². The van der Waals surface area contributed by atoms with Gasteiger partial charge in [-0.15, -0.1) is 0 Å². The van der Waals surface area contributed by atoms with Crippen LogP contribution in [-0.4, -0.2) is 5.11 Å². The summed E-state index contributed by atoms with van der Waals surface area (Å²) < 4.78 is 0. The summed E-state index contributed by atoms with van der Waals surface area (Å²) >= 11 is 0. The summed E-state index contributed by atoms with van der Waals surface area (Å²) in [4.78, 5) is 0. The van der Waals surface area contributed by atoms with Crippen molar-refractivity contribution in [3.63, 3.8) is 0 Å². The number of hydrogen-bond acceptors (Lipinski definition) is 2. The molecule has 0 aliphatic heterocycles. The molecule has 0 aromatic heterocycles. The Labute approximate surface area is 48.6 Å². The highest BCUT2D eigenvalue weighted by Crippen LogP contribution is 1.93. The van der Waals surface area contributed by atoms with Crippen molar-refractivity contribution in [2.45, 2.75) is 0 Å². The zero-order chi connectivity index (χ0) is 6.57. The second kappa shape index (κ2) is 2.91. The molecule has 0 saturated heterocycles. The van der Waals surface area contributed by atoms with Crippen LogP contribution in [0.1, 0.15) is 0 Å². The van der Waals surface area contributed by atoms with Crippen LogP contribution < -0.4 is 5.73 Å². The first-order valence-electron chi connectivity index (χ1n) is 2.15. The van der Waals surface area contributed by atoms with E-state index in [-0.39, 0.29) is 11.5 Å². The SMILES string of the molecule is C=C/C=C(/O)C(=C)N. The van der Waals surface area contributed by atoms with Gasteiger partial charge in [0.2, 0.25) is 0 Å². The fourth-order valence-corrected chi connectivity index (χ4v) is 0.219. The Kier molecular flexibility index (Phi) is 2.48. The Morgan fingerprint density at radius 1 is 1.62 bits per heavy atom. The van der Waals surface area contributed by atoms with E-state index in [1.165, 1.54) is 12.2 Å². The van der Waals surface area contributed by atoms with Crippen molar-refractivity contribution >= 4 is 0 Å². The average Bonchev–Trinajstić information content (AvgIpc) is 1.67. The quantitative estimate of drug-likeness (QED) is 0.414. The van der Waals surface area contributed by atoms with Crippen molar-refractivity contribution in [3.05, 3.63) is 36.8 Å². The molecule has 0 aromatic rings. The zero-order valence-corrected chi connectivity index (χ0v) is 4.59. The molecular weight excluding hydrogens is 102 g/mol. The average molecular weight is 111 g/mol. The summed E-state index contributed by atoms with van der Waals surface area (Å²) in [6, 6.07) is 0. The number of allylic oxidation sites excluding steroid dienone is 2. The minimum absolute atomic E-state index is 0.0278. The van der Waals surface area contributed by atoms with E-state index in [4.69, 9.17) is 10.8 Å². The highest BCUT2D eigenvalue weighted by atomic mass is 16.3. The van der Waals surface area contributed by atoms with Crippen molar-refractivity contribution in [1.82, 2.24) is 0 Å². The lowest BCUT2D eigenvalue weighted by molar-refractivity contribution is 0.422. The monoisotopic (exact) mass is 111 g/mol. The molecule has 0 radical (unpaired) electrons. The molecule has 0 aliphatic carbocycles. The van der Waals surface area contributed by atoms with Gasteiger partial charge in [-0.1, -0.05) is 19.2 Å². The van der Waals surface area contributed by atoms with Crippen LogP contribution in [0.5, 0.6) is 0 Å². The summed E-state index contributed by atoms with van der Waals surface area (Å²) in [5.74, 6) is -0.0278. The van der Waals surface area contributed by atoms with Gasteiger partial charge >= 0.3 is 0 Å². The van der Waals surface area contributed by atoms with Gasteiger partial charge in [0.1, 0.15) is 5.76 Å². The van der Waals surface area contributed by atoms with E-state index in [0.29, 0.717) is 0 Å². The molecule has 0 bridgehead atoms. The van der Waals surface area contributed by atoms with E-state index < -0.39 is 0 Å². The Morgan fingerprint density at radius 2 is 2.12 bits per heavy atom. The maximum atomic E-state index is 8.69. The second-order valence-corrected chi connectivity index (χ2v) is 1.31. The molecule has 0 spiro atoms. The standard InChI is InChI=1S/C6H9NO/c1-3-4-6(8)5(2)7/h3-4,8H,1-2,7H2/b6-4+. The molecule has 0 fully saturated rings. The van der Waals surface area contributed by atoms with Gasteiger partial charge in [-0.3, -0.25) is 0 Å². The van der Waals surface area contributed by atoms with Crippen molar-refractivity contribution in [1.29, 1.82) is 0 Å². The van der Waals surface area contributed by atoms with Gasteiger partial charge in [-0.05, 0) is 6.08 Å². The van der Waals surface area contributed by atoms with Crippen molar-refractivity contribution in [2.24, 2.45) is 5.73 Å². The fourth-order valence-electron chi connectivity index (χ4n) is 0.219. The molecule has 0 rings (SSSR count).